The Labute approximate surface area is 808 Å². The number of benzene rings is 22. The van der Waals surface area contributed by atoms with Crippen LogP contribution >= 0.6 is 11.3 Å². The second-order valence-corrected chi connectivity index (χ2v) is 37.1. The lowest BCUT2D eigenvalue weighted by Crippen LogP contribution is -2.28. The zero-order valence-electron chi connectivity index (χ0n) is 75.7. The molecule has 0 aliphatic heterocycles. The molecule has 0 fully saturated rings. The molecule has 0 spiro atoms. The molecule has 0 atom stereocenters. The zero-order chi connectivity index (χ0) is 91.5. The highest BCUT2D eigenvalue weighted by Gasteiger charge is 2.48. The van der Waals surface area contributed by atoms with Crippen LogP contribution in [-0.4, -0.2) is 0 Å². The molecule has 26 rings (SSSR count). The van der Waals surface area contributed by atoms with E-state index < -0.39 is 10.8 Å². The van der Waals surface area contributed by atoms with Crippen LogP contribution in [-0.2, 0) is 10.8 Å². The van der Waals surface area contributed by atoms with Gasteiger partial charge in [-0.15, -0.1) is 11.3 Å². The fourth-order valence-electron chi connectivity index (χ4n) is 21.9. The summed E-state index contributed by atoms with van der Waals surface area (Å²) in [5, 5.41) is 4.85. The second-order valence-electron chi connectivity index (χ2n) is 36.0. The van der Waals surface area contributed by atoms with E-state index in [4.69, 9.17) is 4.42 Å². The summed E-state index contributed by atoms with van der Waals surface area (Å²) in [6.07, 6.45) is 0. The predicted octanol–water partition coefficient (Wildman–Crippen LogP) is 36.6. The van der Waals surface area contributed by atoms with Crippen LogP contribution in [0, 0.1) is 0 Å². The smallest absolute Gasteiger partial charge is 0.135 e. The third kappa shape index (κ3) is 14.5. The van der Waals surface area contributed by atoms with E-state index in [0.717, 1.165) is 78.3 Å². The Hall–Kier alpha value is -17.5. The molecule has 0 radical (unpaired) electrons. The maximum atomic E-state index is 6.23. The molecule has 22 aromatic carbocycles. The predicted molar refractivity (Wildman–Crippen MR) is 581 cm³/mol. The largest absolute Gasteiger partial charge is 0.456 e. The first-order valence-electron chi connectivity index (χ1n) is 47.5. The Morgan fingerprint density at radius 1 is 0.159 bits per heavy atom. The lowest BCUT2D eigenvalue weighted by molar-refractivity contribution is 0.669. The Balaban J connectivity index is 0.000000146. The average molecular weight is 1780 g/mol. The molecule has 3 nitrogen and oxygen atoms in total. The van der Waals surface area contributed by atoms with Crippen LogP contribution in [0.1, 0.15) is 44.5 Å². The minimum Gasteiger partial charge on any atom is -0.456 e. The van der Waals surface area contributed by atoms with Crippen molar-refractivity contribution in [2.24, 2.45) is 0 Å². The summed E-state index contributed by atoms with van der Waals surface area (Å²) in [5.74, 6) is 0. The van der Waals surface area contributed by atoms with E-state index in [1.54, 1.807) is 0 Å². The van der Waals surface area contributed by atoms with Gasteiger partial charge in [-0.3, -0.25) is 0 Å². The monoisotopic (exact) mass is 1770 g/mol. The van der Waals surface area contributed by atoms with Gasteiger partial charge in [0.1, 0.15) is 11.2 Å². The molecular formula is C134H90N2OS. The van der Waals surface area contributed by atoms with Gasteiger partial charge in [-0.05, 0) is 289 Å². The van der Waals surface area contributed by atoms with E-state index in [1.807, 2.05) is 23.5 Å². The van der Waals surface area contributed by atoms with Gasteiger partial charge in [0.15, 0.2) is 0 Å². The molecule has 0 amide bonds. The van der Waals surface area contributed by atoms with Crippen molar-refractivity contribution < 1.29 is 4.42 Å². The quantitative estimate of drug-likeness (QED) is 0.0854. The van der Waals surface area contributed by atoms with Crippen LogP contribution in [0.5, 0.6) is 0 Å². The molecule has 4 heteroatoms. The minimum absolute atomic E-state index is 0.477. The number of thiophene rings is 1. The van der Waals surface area contributed by atoms with Gasteiger partial charge in [0.25, 0.3) is 0 Å². The molecule has 24 aromatic rings. The first kappa shape index (κ1) is 82.4. The molecule has 0 N–H and O–H groups in total. The number of para-hydroxylation sites is 1. The lowest BCUT2D eigenvalue weighted by Gasteiger charge is -2.34. The van der Waals surface area contributed by atoms with E-state index in [2.05, 4.69) is 544 Å². The van der Waals surface area contributed by atoms with Gasteiger partial charge in [0.05, 0.1) is 10.8 Å². The third-order valence-corrected chi connectivity index (χ3v) is 29.5. The number of fused-ring (bicyclic) bond motifs is 12. The van der Waals surface area contributed by atoms with Gasteiger partial charge in [-0.1, -0.05) is 413 Å². The molecule has 0 saturated carbocycles. The van der Waals surface area contributed by atoms with Crippen molar-refractivity contribution in [3.63, 3.8) is 0 Å². The van der Waals surface area contributed by atoms with Crippen molar-refractivity contribution in [1.82, 2.24) is 0 Å². The van der Waals surface area contributed by atoms with Crippen LogP contribution in [0.2, 0.25) is 0 Å². The highest BCUT2D eigenvalue weighted by atomic mass is 32.1. The fraction of sp³-hybridized carbons (Fsp3) is 0.0149. The average Bonchev–Trinajstić information content (AvgIpc) is 1.56. The molecule has 2 aliphatic rings. The highest BCUT2D eigenvalue weighted by molar-refractivity contribution is 7.26. The van der Waals surface area contributed by atoms with Crippen LogP contribution < -0.4 is 9.80 Å². The first-order chi connectivity index (χ1) is 68.4. The number of hydrogen-bond acceptors (Lipinski definition) is 4. The topological polar surface area (TPSA) is 19.6 Å². The number of hydrogen-bond donors (Lipinski definition) is 0. The zero-order valence-corrected chi connectivity index (χ0v) is 76.5. The molecule has 2 aromatic heterocycles. The molecule has 0 unspecified atom stereocenters. The summed E-state index contributed by atoms with van der Waals surface area (Å²) in [7, 11) is 0. The fourth-order valence-corrected chi connectivity index (χ4v) is 23.2. The highest BCUT2D eigenvalue weighted by Crippen LogP contribution is 2.59. The standard InChI is InChI=1S/C67H45NO.C67H45NS/c1-4-17-46(18-5-1)51-41-52(47-19-6-2-7-20-47)43-53(42-51)48-31-36-56(37-32-48)68(58-24-16-21-49(44-58)50-33-40-66-62(45-50)61-27-12-15-30-65(61)69-66)57-38-34-55(35-39-57)67(54-22-8-3-9-23-54)63-28-13-10-25-59(63)60-26-11-14-29-64(60)67;1-4-18-46(19-5-1)50-42-51(47-20-6-2-7-21-47)44-52(43-50)48-34-38-55(39-35-48)68(57-25-16-22-49(45-57)58-29-17-30-62-61-28-12-15-33-65(61)69-66(58)62)56-40-36-54(37-41-56)67(53-23-8-3-9-24-53)63-31-13-10-26-59(63)60-27-11-14-32-64(60)67/h2*1-45H. The van der Waals surface area contributed by atoms with Crippen molar-refractivity contribution in [1.29, 1.82) is 0 Å². The molecule has 0 saturated heterocycles. The summed E-state index contributed by atoms with van der Waals surface area (Å²) < 4.78 is 8.85. The first-order valence-corrected chi connectivity index (χ1v) is 48.3. The summed E-state index contributed by atoms with van der Waals surface area (Å²) >= 11 is 1.88. The van der Waals surface area contributed by atoms with Crippen molar-refractivity contribution in [2.45, 2.75) is 10.8 Å². The van der Waals surface area contributed by atoms with Gasteiger partial charge in [-0.2, -0.15) is 0 Å². The minimum atomic E-state index is -0.484. The van der Waals surface area contributed by atoms with Crippen molar-refractivity contribution >= 4 is 87.6 Å². The van der Waals surface area contributed by atoms with E-state index in [1.165, 1.54) is 154 Å². The number of nitrogens with zero attached hydrogens (tertiary/aromatic N) is 2. The lowest BCUT2D eigenvalue weighted by atomic mass is 9.68. The van der Waals surface area contributed by atoms with Crippen molar-refractivity contribution in [3.05, 3.63) is 590 Å². The van der Waals surface area contributed by atoms with Gasteiger partial charge in [0, 0.05) is 65.1 Å². The van der Waals surface area contributed by atoms with Crippen LogP contribution in [0.15, 0.2) is 550 Å². The Kier molecular flexibility index (Phi) is 21.0. The maximum Gasteiger partial charge on any atom is 0.135 e. The van der Waals surface area contributed by atoms with Gasteiger partial charge in [-0.25, -0.2) is 0 Å². The normalized spacial score (nSPS) is 12.5. The Morgan fingerprint density at radius 2 is 0.442 bits per heavy atom. The molecule has 2 heterocycles. The summed E-state index contributed by atoms with van der Waals surface area (Å²) in [4.78, 5) is 4.81. The summed E-state index contributed by atoms with van der Waals surface area (Å²) in [5.41, 5.74) is 41.6. The van der Waals surface area contributed by atoms with Crippen LogP contribution in [0.4, 0.5) is 34.1 Å². The Bertz CT molecular complexity index is 8430. The summed E-state index contributed by atoms with van der Waals surface area (Å²) in [6.45, 7) is 0. The number of rotatable bonds is 18. The molecular weight excluding hydrogens is 1690 g/mol. The second kappa shape index (κ2) is 35.1. The van der Waals surface area contributed by atoms with Gasteiger partial charge in [0.2, 0.25) is 0 Å². The molecule has 2 aliphatic carbocycles. The molecule has 0 bridgehead atoms. The van der Waals surface area contributed by atoms with E-state index in [9.17, 15) is 0 Å². The third-order valence-electron chi connectivity index (χ3n) is 28.3. The van der Waals surface area contributed by atoms with Crippen molar-refractivity contribution in [3.8, 4) is 111 Å². The van der Waals surface area contributed by atoms with Gasteiger partial charge < -0.3 is 14.2 Å². The van der Waals surface area contributed by atoms with E-state index in [-0.39, 0.29) is 0 Å². The number of anilines is 6. The van der Waals surface area contributed by atoms with Crippen LogP contribution in [0.25, 0.3) is 153 Å². The molecule has 138 heavy (non-hydrogen) atoms. The van der Waals surface area contributed by atoms with Gasteiger partial charge >= 0.3 is 0 Å². The Morgan fingerprint density at radius 3 is 0.862 bits per heavy atom. The SMILES string of the molecule is c1ccc(-c2cc(-c3ccccc3)cc(-c3ccc(N(c4ccc(C5(c6ccccc6)c6ccccc6-c6ccccc65)cc4)c4cccc(-c5ccc6oc7ccccc7c6c5)c4)cc3)c2)cc1.c1ccc(-c2cc(-c3ccccc3)cc(-c3ccc(N(c4ccc(C5(c6ccccc6)c6ccccc6-c6ccccc65)cc4)c4cccc(-c5cccc6c5sc5ccccc56)c4)cc3)c2)cc1. The van der Waals surface area contributed by atoms with Crippen molar-refractivity contribution in [2.75, 3.05) is 9.80 Å². The van der Waals surface area contributed by atoms with E-state index in [0.29, 0.717) is 0 Å². The summed E-state index contributed by atoms with van der Waals surface area (Å²) in [6, 6.07) is 200. The molecule has 648 valence electrons. The number of furan rings is 1. The van der Waals surface area contributed by atoms with Crippen LogP contribution in [0.3, 0.4) is 0 Å². The maximum absolute atomic E-state index is 6.23. The van der Waals surface area contributed by atoms with E-state index >= 15 is 0 Å².